The maximum Gasteiger partial charge on any atom is 0.451 e. The molecule has 0 amide bonds. The molecule has 1 heterocycles. The quantitative estimate of drug-likeness (QED) is 0.528. The van der Waals surface area contributed by atoms with Crippen molar-refractivity contribution in [2.75, 3.05) is 5.73 Å². The van der Waals surface area contributed by atoms with Gasteiger partial charge in [-0.25, -0.2) is 9.67 Å². The third-order valence-corrected chi connectivity index (χ3v) is 3.01. The Balaban J connectivity index is 2.44. The van der Waals surface area contributed by atoms with Crippen LogP contribution >= 0.6 is 11.6 Å². The second-order valence-electron chi connectivity index (χ2n) is 4.60. The summed E-state index contributed by atoms with van der Waals surface area (Å²) in [6, 6.07) is 4.52. The molecule has 2 rings (SSSR count). The molecule has 0 saturated heterocycles. The normalized spacial score (nSPS) is 12.7. The Bertz CT molecular complexity index is 690. The van der Waals surface area contributed by atoms with Crippen LogP contribution in [0.4, 0.5) is 27.6 Å². The molecule has 0 aliphatic rings. The van der Waals surface area contributed by atoms with Crippen LogP contribution in [0, 0.1) is 6.92 Å². The predicted octanol–water partition coefficient (Wildman–Crippen LogP) is 3.52. The van der Waals surface area contributed by atoms with Crippen molar-refractivity contribution < 1.29 is 22.0 Å². The Hall–Kier alpha value is -1.90. The van der Waals surface area contributed by atoms with E-state index in [4.69, 9.17) is 5.73 Å². The molecule has 0 radical (unpaired) electrons. The minimum atomic E-state index is -4.93. The van der Waals surface area contributed by atoms with E-state index in [1.54, 1.807) is 6.92 Å². The van der Waals surface area contributed by atoms with Crippen molar-refractivity contribution in [1.29, 1.82) is 0 Å². The van der Waals surface area contributed by atoms with Gasteiger partial charge in [0, 0.05) is 5.69 Å². The van der Waals surface area contributed by atoms with Crippen LogP contribution in [0.25, 0.3) is 0 Å². The zero-order valence-electron chi connectivity index (χ0n) is 11.1. The molecule has 0 spiro atoms. The molecular formula is C12H10ClF5N4. The topological polar surface area (TPSA) is 56.7 Å². The summed E-state index contributed by atoms with van der Waals surface area (Å²) in [6.07, 6.45) is -4.93. The van der Waals surface area contributed by atoms with Gasteiger partial charge >= 0.3 is 11.6 Å². The van der Waals surface area contributed by atoms with Gasteiger partial charge in [-0.2, -0.15) is 22.0 Å². The van der Waals surface area contributed by atoms with Gasteiger partial charge < -0.3 is 5.73 Å². The van der Waals surface area contributed by atoms with E-state index >= 15 is 0 Å². The first kappa shape index (κ1) is 16.5. The minimum Gasteiger partial charge on any atom is -0.399 e. The van der Waals surface area contributed by atoms with Crippen LogP contribution in [-0.2, 0) is 18.1 Å². The number of rotatable bonds is 3. The lowest BCUT2D eigenvalue weighted by molar-refractivity contribution is -0.147. The number of nitrogens with two attached hydrogens (primary N) is 1. The summed E-state index contributed by atoms with van der Waals surface area (Å²) in [5.74, 6) is -2.94. The average Bonchev–Trinajstić information content (AvgIpc) is 2.77. The maximum atomic E-state index is 12.9. The number of alkyl halides is 6. The molecule has 0 bridgehead atoms. The van der Waals surface area contributed by atoms with Gasteiger partial charge in [0.2, 0.25) is 11.6 Å². The van der Waals surface area contributed by atoms with Gasteiger partial charge in [-0.3, -0.25) is 0 Å². The molecule has 4 nitrogen and oxygen atoms in total. The monoisotopic (exact) mass is 340 g/mol. The molecule has 0 saturated carbocycles. The van der Waals surface area contributed by atoms with Crippen molar-refractivity contribution in [3.8, 4) is 0 Å². The van der Waals surface area contributed by atoms with Crippen molar-refractivity contribution in [3.63, 3.8) is 0 Å². The van der Waals surface area contributed by atoms with E-state index in [1.807, 2.05) is 0 Å². The summed E-state index contributed by atoms with van der Waals surface area (Å²) >= 11 is 4.69. The fraction of sp³-hybridized carbons (Fsp3) is 0.333. The second kappa shape index (κ2) is 5.38. The lowest BCUT2D eigenvalue weighted by Crippen LogP contribution is -2.16. The Morgan fingerprint density at radius 1 is 1.23 bits per heavy atom. The molecule has 2 N–H and O–H groups in total. The molecule has 10 heteroatoms. The fourth-order valence-electron chi connectivity index (χ4n) is 1.79. The Labute approximate surface area is 126 Å². The van der Waals surface area contributed by atoms with Crippen LogP contribution in [-0.4, -0.2) is 14.8 Å². The third-order valence-electron chi connectivity index (χ3n) is 2.85. The zero-order chi connectivity index (χ0) is 16.7. The number of nitrogens with zero attached hydrogens (tertiary/aromatic N) is 3. The summed E-state index contributed by atoms with van der Waals surface area (Å²) in [5.41, 5.74) is 7.13. The summed E-state index contributed by atoms with van der Waals surface area (Å²) in [4.78, 5) is 2.81. The van der Waals surface area contributed by atoms with Crippen LogP contribution in [0.1, 0.15) is 22.8 Å². The van der Waals surface area contributed by atoms with Gasteiger partial charge in [0.1, 0.15) is 0 Å². The highest BCUT2D eigenvalue weighted by molar-refractivity contribution is 6.21. The molecule has 0 unspecified atom stereocenters. The first-order chi connectivity index (χ1) is 9.98. The molecule has 2 aromatic rings. The van der Waals surface area contributed by atoms with Crippen molar-refractivity contribution in [1.82, 2.24) is 14.8 Å². The van der Waals surface area contributed by atoms with E-state index in [0.29, 0.717) is 21.5 Å². The number of hydrogen-bond acceptors (Lipinski definition) is 3. The highest BCUT2D eigenvalue weighted by Gasteiger charge is 2.42. The molecule has 0 fully saturated rings. The smallest absolute Gasteiger partial charge is 0.399 e. The first-order valence-electron chi connectivity index (χ1n) is 5.92. The standard InChI is InChI=1S/C12H10ClF5N4/c1-6-4-7(2-3-8(6)19)5-22-10(12(16,17)18)20-9(21-22)11(13,14)15/h2-4H,5,19H2,1H3. The highest BCUT2D eigenvalue weighted by Crippen LogP contribution is 2.34. The van der Waals surface area contributed by atoms with Crippen LogP contribution < -0.4 is 5.73 Å². The van der Waals surface area contributed by atoms with Gasteiger partial charge in [-0.1, -0.05) is 12.1 Å². The van der Waals surface area contributed by atoms with E-state index in [9.17, 15) is 22.0 Å². The van der Waals surface area contributed by atoms with Gasteiger partial charge in [-0.15, -0.1) is 5.10 Å². The van der Waals surface area contributed by atoms with Crippen LogP contribution in [0.2, 0.25) is 0 Å². The molecule has 1 aromatic heterocycles. The predicted molar refractivity (Wildman–Crippen MR) is 69.5 cm³/mol. The van der Waals surface area contributed by atoms with Crippen molar-refractivity contribution in [3.05, 3.63) is 41.0 Å². The molecule has 120 valence electrons. The van der Waals surface area contributed by atoms with E-state index in [1.165, 1.54) is 18.2 Å². The zero-order valence-corrected chi connectivity index (χ0v) is 11.9. The summed E-state index contributed by atoms with van der Waals surface area (Å²) in [6.45, 7) is 1.28. The summed E-state index contributed by atoms with van der Waals surface area (Å²) in [7, 11) is 0. The number of aryl methyl sites for hydroxylation is 1. The summed E-state index contributed by atoms with van der Waals surface area (Å²) in [5, 5.41) is -0.913. The Morgan fingerprint density at radius 2 is 1.86 bits per heavy atom. The largest absolute Gasteiger partial charge is 0.451 e. The van der Waals surface area contributed by atoms with Crippen molar-refractivity contribution >= 4 is 17.3 Å². The number of anilines is 1. The molecule has 0 aliphatic carbocycles. The first-order valence-corrected chi connectivity index (χ1v) is 6.30. The summed E-state index contributed by atoms with van der Waals surface area (Å²) < 4.78 is 64.8. The second-order valence-corrected chi connectivity index (χ2v) is 5.08. The van der Waals surface area contributed by atoms with E-state index < -0.39 is 29.8 Å². The number of nitrogen functional groups attached to an aromatic ring is 1. The number of halogens is 6. The van der Waals surface area contributed by atoms with Crippen molar-refractivity contribution in [2.24, 2.45) is 0 Å². The molecule has 1 aromatic carbocycles. The SMILES string of the molecule is Cc1cc(Cn2nc(C(F)(F)Cl)nc2C(F)(F)F)ccc1N. The maximum absolute atomic E-state index is 12.9. The fourth-order valence-corrected chi connectivity index (χ4v) is 1.87. The van der Waals surface area contributed by atoms with Crippen LogP contribution in [0.15, 0.2) is 18.2 Å². The van der Waals surface area contributed by atoms with Gasteiger partial charge in [0.05, 0.1) is 6.54 Å². The van der Waals surface area contributed by atoms with Gasteiger partial charge in [-0.05, 0) is 35.7 Å². The van der Waals surface area contributed by atoms with Crippen LogP contribution in [0.3, 0.4) is 0 Å². The Kier molecular flexibility index (Phi) is 4.03. The van der Waals surface area contributed by atoms with Crippen LogP contribution in [0.5, 0.6) is 0 Å². The Morgan fingerprint density at radius 3 is 2.36 bits per heavy atom. The average molecular weight is 341 g/mol. The molecule has 0 aliphatic heterocycles. The number of benzene rings is 1. The number of hydrogen-bond donors (Lipinski definition) is 1. The van der Waals surface area contributed by atoms with Gasteiger partial charge in [0.15, 0.2) is 0 Å². The number of aromatic nitrogens is 3. The lowest BCUT2D eigenvalue weighted by Gasteiger charge is -2.09. The highest BCUT2D eigenvalue weighted by atomic mass is 35.5. The third kappa shape index (κ3) is 3.46. The van der Waals surface area contributed by atoms with Gasteiger partial charge in [0.25, 0.3) is 0 Å². The molecular weight excluding hydrogens is 331 g/mol. The minimum absolute atomic E-state index is 0.344. The van der Waals surface area contributed by atoms with Crippen molar-refractivity contribution in [2.45, 2.75) is 25.0 Å². The van der Waals surface area contributed by atoms with E-state index in [-0.39, 0.29) is 0 Å². The lowest BCUT2D eigenvalue weighted by atomic mass is 10.1. The van der Waals surface area contributed by atoms with E-state index in [2.05, 4.69) is 21.7 Å². The van der Waals surface area contributed by atoms with E-state index in [0.717, 1.165) is 0 Å². The molecule has 0 atom stereocenters. The molecule has 22 heavy (non-hydrogen) atoms.